The van der Waals surface area contributed by atoms with E-state index in [-0.39, 0.29) is 12.2 Å². The molecule has 0 spiro atoms. The minimum Gasteiger partial charge on any atom is -0.451 e. The molecule has 1 aromatic carbocycles. The Balaban J connectivity index is 2.84. The molecule has 0 aliphatic heterocycles. The average Bonchev–Trinajstić information content (AvgIpc) is 2.58. The third-order valence-electron chi connectivity index (χ3n) is 3.42. The number of carbonyl (C=O) groups excluding carboxylic acids is 3. The SMILES string of the molecule is CCNC(=O)[C@H](C)OC(=O)[C@H](CCS(C)(=O)=O)NC(=O)c1ccccc1. The maximum Gasteiger partial charge on any atom is 0.329 e. The highest BCUT2D eigenvalue weighted by Crippen LogP contribution is 2.06. The van der Waals surface area contributed by atoms with E-state index < -0.39 is 39.8 Å². The lowest BCUT2D eigenvalue weighted by Crippen LogP contribution is -2.45. The number of amides is 2. The topological polar surface area (TPSA) is 119 Å². The summed E-state index contributed by atoms with van der Waals surface area (Å²) in [5, 5.41) is 4.99. The first kappa shape index (κ1) is 21.6. The molecule has 0 unspecified atom stereocenters. The Hall–Kier alpha value is -2.42. The van der Waals surface area contributed by atoms with Crippen molar-refractivity contribution in [3.8, 4) is 0 Å². The third kappa shape index (κ3) is 7.64. The molecule has 2 amide bonds. The van der Waals surface area contributed by atoms with Gasteiger partial charge in [0.2, 0.25) is 0 Å². The van der Waals surface area contributed by atoms with Crippen molar-refractivity contribution in [3.05, 3.63) is 35.9 Å². The zero-order chi connectivity index (χ0) is 19.7. The van der Waals surface area contributed by atoms with Crippen molar-refractivity contribution in [1.29, 1.82) is 0 Å². The molecule has 2 atom stereocenters. The van der Waals surface area contributed by atoms with Gasteiger partial charge in [-0.1, -0.05) is 18.2 Å². The molecule has 8 nitrogen and oxygen atoms in total. The van der Waals surface area contributed by atoms with Crippen LogP contribution in [0.2, 0.25) is 0 Å². The van der Waals surface area contributed by atoms with Crippen LogP contribution in [0.4, 0.5) is 0 Å². The number of benzene rings is 1. The molecule has 0 bridgehead atoms. The number of likely N-dealkylation sites (N-methyl/N-ethyl adjacent to an activating group) is 1. The molecule has 1 rings (SSSR count). The average molecular weight is 384 g/mol. The van der Waals surface area contributed by atoms with E-state index in [1.165, 1.54) is 6.92 Å². The number of ether oxygens (including phenoxy) is 1. The van der Waals surface area contributed by atoms with Crippen LogP contribution in [0.15, 0.2) is 30.3 Å². The lowest BCUT2D eigenvalue weighted by Gasteiger charge is -2.20. The van der Waals surface area contributed by atoms with Gasteiger partial charge in [0.05, 0.1) is 5.75 Å². The summed E-state index contributed by atoms with van der Waals surface area (Å²) in [6.45, 7) is 3.50. The van der Waals surface area contributed by atoms with Crippen molar-refractivity contribution in [2.45, 2.75) is 32.4 Å². The molecule has 0 aromatic heterocycles. The molecule has 0 saturated heterocycles. The highest BCUT2D eigenvalue weighted by molar-refractivity contribution is 7.90. The summed E-state index contributed by atoms with van der Waals surface area (Å²) in [4.78, 5) is 36.3. The van der Waals surface area contributed by atoms with Crippen molar-refractivity contribution >= 4 is 27.6 Å². The Morgan fingerprint density at radius 3 is 2.31 bits per heavy atom. The molecule has 0 heterocycles. The van der Waals surface area contributed by atoms with Crippen LogP contribution in [-0.4, -0.2) is 56.9 Å². The predicted octanol–water partition coefficient (Wildman–Crippen LogP) is 0.288. The molecule has 2 N–H and O–H groups in total. The Morgan fingerprint density at radius 1 is 1.15 bits per heavy atom. The van der Waals surface area contributed by atoms with E-state index in [4.69, 9.17) is 4.74 Å². The fourth-order valence-corrected chi connectivity index (χ4v) is 2.70. The van der Waals surface area contributed by atoms with Gasteiger partial charge < -0.3 is 15.4 Å². The van der Waals surface area contributed by atoms with Crippen molar-refractivity contribution in [3.63, 3.8) is 0 Å². The van der Waals surface area contributed by atoms with Crippen LogP contribution in [0.25, 0.3) is 0 Å². The number of nitrogens with one attached hydrogen (secondary N) is 2. The molecule has 0 saturated carbocycles. The van der Waals surface area contributed by atoms with Crippen LogP contribution in [0.1, 0.15) is 30.6 Å². The van der Waals surface area contributed by atoms with E-state index in [2.05, 4.69) is 10.6 Å². The largest absolute Gasteiger partial charge is 0.451 e. The van der Waals surface area contributed by atoms with Crippen molar-refractivity contribution < 1.29 is 27.5 Å². The molecule has 9 heteroatoms. The van der Waals surface area contributed by atoms with Gasteiger partial charge in [0, 0.05) is 18.4 Å². The van der Waals surface area contributed by atoms with E-state index >= 15 is 0 Å². The van der Waals surface area contributed by atoms with E-state index in [1.54, 1.807) is 37.3 Å². The van der Waals surface area contributed by atoms with E-state index in [0.29, 0.717) is 12.1 Å². The van der Waals surface area contributed by atoms with Gasteiger partial charge in [-0.05, 0) is 32.4 Å². The highest BCUT2D eigenvalue weighted by Gasteiger charge is 2.27. The Labute approximate surface area is 153 Å². The summed E-state index contributed by atoms with van der Waals surface area (Å²) in [6.07, 6.45) is -0.179. The summed E-state index contributed by atoms with van der Waals surface area (Å²) in [7, 11) is -3.34. The number of hydrogen-bond acceptors (Lipinski definition) is 6. The molecule has 26 heavy (non-hydrogen) atoms. The number of sulfone groups is 1. The van der Waals surface area contributed by atoms with Crippen LogP contribution < -0.4 is 10.6 Å². The molecule has 0 fully saturated rings. The Bertz CT molecular complexity index is 733. The number of hydrogen-bond donors (Lipinski definition) is 2. The van der Waals surface area contributed by atoms with Crippen LogP contribution in [0, 0.1) is 0 Å². The van der Waals surface area contributed by atoms with E-state index in [0.717, 1.165) is 6.26 Å². The van der Waals surface area contributed by atoms with Crippen LogP contribution in [-0.2, 0) is 24.2 Å². The Morgan fingerprint density at radius 2 is 1.77 bits per heavy atom. The second-order valence-electron chi connectivity index (χ2n) is 5.78. The van der Waals surface area contributed by atoms with Gasteiger partial charge in [0.15, 0.2) is 6.10 Å². The molecule has 1 aromatic rings. The summed E-state index contributed by atoms with van der Waals surface area (Å²) in [6, 6.07) is 7.00. The molecule has 0 radical (unpaired) electrons. The molecule has 0 aliphatic rings. The molecular formula is C17H24N2O6S. The summed E-state index contributed by atoms with van der Waals surface area (Å²) in [5.41, 5.74) is 0.321. The zero-order valence-corrected chi connectivity index (χ0v) is 15.8. The monoisotopic (exact) mass is 384 g/mol. The van der Waals surface area contributed by atoms with Gasteiger partial charge in [-0.3, -0.25) is 9.59 Å². The van der Waals surface area contributed by atoms with Gasteiger partial charge in [0.1, 0.15) is 15.9 Å². The lowest BCUT2D eigenvalue weighted by molar-refractivity contribution is -0.156. The van der Waals surface area contributed by atoms with Crippen molar-refractivity contribution in [2.75, 3.05) is 18.6 Å². The molecular weight excluding hydrogens is 360 g/mol. The molecule has 0 aliphatic carbocycles. The normalized spacial score (nSPS) is 13.3. The fraction of sp³-hybridized carbons (Fsp3) is 0.471. The van der Waals surface area contributed by atoms with Gasteiger partial charge in [-0.15, -0.1) is 0 Å². The highest BCUT2D eigenvalue weighted by atomic mass is 32.2. The van der Waals surface area contributed by atoms with Gasteiger partial charge >= 0.3 is 5.97 Å². The minimum atomic E-state index is -3.34. The van der Waals surface area contributed by atoms with Gasteiger partial charge in [-0.2, -0.15) is 0 Å². The first-order valence-corrected chi connectivity index (χ1v) is 10.2. The van der Waals surface area contributed by atoms with Gasteiger partial charge in [-0.25, -0.2) is 13.2 Å². The van der Waals surface area contributed by atoms with E-state index in [1.807, 2.05) is 0 Å². The zero-order valence-electron chi connectivity index (χ0n) is 15.0. The summed E-state index contributed by atoms with van der Waals surface area (Å²) >= 11 is 0. The smallest absolute Gasteiger partial charge is 0.329 e. The summed E-state index contributed by atoms with van der Waals surface area (Å²) < 4.78 is 27.9. The first-order chi connectivity index (χ1) is 12.1. The van der Waals surface area contributed by atoms with Crippen LogP contribution in [0.5, 0.6) is 0 Å². The standard InChI is InChI=1S/C17H24N2O6S/c1-4-18-15(20)12(2)25-17(22)14(10-11-26(3,23)24)19-16(21)13-8-6-5-7-9-13/h5-9,12,14H,4,10-11H2,1-3H3,(H,18,20)(H,19,21)/t12-,14-/m0/s1. The molecule has 144 valence electrons. The number of carbonyl (C=O) groups is 3. The lowest BCUT2D eigenvalue weighted by atomic mass is 10.1. The second kappa shape index (κ2) is 9.91. The third-order valence-corrected chi connectivity index (χ3v) is 4.39. The first-order valence-electron chi connectivity index (χ1n) is 8.16. The second-order valence-corrected chi connectivity index (χ2v) is 8.04. The quantitative estimate of drug-likeness (QED) is 0.591. The van der Waals surface area contributed by atoms with Crippen molar-refractivity contribution in [1.82, 2.24) is 10.6 Å². The summed E-state index contributed by atoms with van der Waals surface area (Å²) in [5.74, 6) is -2.18. The van der Waals surface area contributed by atoms with Crippen LogP contribution in [0.3, 0.4) is 0 Å². The van der Waals surface area contributed by atoms with Crippen molar-refractivity contribution in [2.24, 2.45) is 0 Å². The van der Waals surface area contributed by atoms with E-state index in [9.17, 15) is 22.8 Å². The Kier molecular flexibility index (Phi) is 8.24. The van der Waals surface area contributed by atoms with Gasteiger partial charge in [0.25, 0.3) is 11.8 Å². The number of rotatable bonds is 9. The fourth-order valence-electron chi connectivity index (χ4n) is 2.04. The van der Waals surface area contributed by atoms with Crippen LogP contribution >= 0.6 is 0 Å². The number of esters is 1. The maximum absolute atomic E-state index is 12.3. The predicted molar refractivity (Wildman–Crippen MR) is 96.3 cm³/mol. The maximum atomic E-state index is 12.3. The minimum absolute atomic E-state index is 0.154.